The van der Waals surface area contributed by atoms with Gasteiger partial charge in [-0.25, -0.2) is 4.39 Å². The van der Waals surface area contributed by atoms with E-state index in [-0.39, 0.29) is 39.9 Å². The zero-order valence-corrected chi connectivity index (χ0v) is 22.1. The van der Waals surface area contributed by atoms with E-state index in [2.05, 4.69) is 15.0 Å². The molecule has 3 amide bonds. The molecule has 8 nitrogen and oxygen atoms in total. The van der Waals surface area contributed by atoms with E-state index in [0.29, 0.717) is 12.8 Å². The minimum atomic E-state index is -0.934. The number of nitrogens with two attached hydrogens (primary N) is 1. The Kier molecular flexibility index (Phi) is 9.13. The minimum Gasteiger partial charge on any atom is -0.395 e. The Labute approximate surface area is 221 Å². The van der Waals surface area contributed by atoms with Crippen molar-refractivity contribution in [2.45, 2.75) is 95.7 Å². The number of para-hydroxylation sites is 1. The Balaban J connectivity index is 1.64. The van der Waals surface area contributed by atoms with Crippen molar-refractivity contribution in [3.05, 3.63) is 40.7 Å². The van der Waals surface area contributed by atoms with Crippen LogP contribution < -0.4 is 21.3 Å². The predicted molar refractivity (Wildman–Crippen MR) is 143 cm³/mol. The molecule has 0 unspecified atom stereocenters. The fraction of sp³-hybridized carbons (Fsp3) is 0.556. The van der Waals surface area contributed by atoms with Crippen molar-refractivity contribution in [2.24, 2.45) is 0 Å². The van der Waals surface area contributed by atoms with Crippen molar-refractivity contribution in [2.75, 3.05) is 10.6 Å². The summed E-state index contributed by atoms with van der Waals surface area (Å²) in [6, 6.07) is 5.06. The van der Waals surface area contributed by atoms with Gasteiger partial charge in [0.1, 0.15) is 16.7 Å². The van der Waals surface area contributed by atoms with Crippen molar-refractivity contribution in [3.63, 3.8) is 0 Å². The summed E-state index contributed by atoms with van der Waals surface area (Å²) < 4.78 is 19.2. The van der Waals surface area contributed by atoms with Crippen LogP contribution in [0.4, 0.5) is 15.8 Å². The van der Waals surface area contributed by atoms with Gasteiger partial charge < -0.3 is 16.4 Å². The second-order valence-electron chi connectivity index (χ2n) is 10.0. The highest BCUT2D eigenvalue weighted by molar-refractivity contribution is 7.09. The van der Waals surface area contributed by atoms with E-state index in [1.165, 1.54) is 23.1 Å². The summed E-state index contributed by atoms with van der Waals surface area (Å²) in [5.74, 6) is -1.99. The first-order valence-corrected chi connectivity index (χ1v) is 14.1. The van der Waals surface area contributed by atoms with E-state index in [1.54, 1.807) is 6.07 Å². The summed E-state index contributed by atoms with van der Waals surface area (Å²) in [5, 5.41) is 6.04. The smallest absolute Gasteiger partial charge is 0.273 e. The normalized spacial score (nSPS) is 17.4. The van der Waals surface area contributed by atoms with Crippen LogP contribution in [0.3, 0.4) is 0 Å². The lowest BCUT2D eigenvalue weighted by Gasteiger charge is -2.32. The van der Waals surface area contributed by atoms with Crippen LogP contribution in [-0.2, 0) is 4.79 Å². The molecule has 1 atom stereocenters. The molecule has 37 heavy (non-hydrogen) atoms. The maximum absolute atomic E-state index is 15.0. The van der Waals surface area contributed by atoms with E-state index in [0.717, 1.165) is 69.3 Å². The van der Waals surface area contributed by atoms with E-state index in [9.17, 15) is 14.4 Å². The van der Waals surface area contributed by atoms with Crippen molar-refractivity contribution < 1.29 is 18.8 Å². The lowest BCUT2D eigenvalue weighted by atomic mass is 9.95. The highest BCUT2D eigenvalue weighted by Crippen LogP contribution is 2.31. The van der Waals surface area contributed by atoms with Crippen LogP contribution in [0.5, 0.6) is 0 Å². The molecule has 2 aliphatic carbocycles. The van der Waals surface area contributed by atoms with Gasteiger partial charge in [-0.3, -0.25) is 19.3 Å². The number of nitrogen functional groups attached to an aromatic ring is 1. The number of nitrogens with zero attached hydrogens (tertiary/aromatic N) is 2. The third-order valence-electron chi connectivity index (χ3n) is 7.29. The fourth-order valence-corrected chi connectivity index (χ4v) is 6.04. The summed E-state index contributed by atoms with van der Waals surface area (Å²) in [6.07, 6.45) is 9.88. The van der Waals surface area contributed by atoms with E-state index < -0.39 is 23.7 Å². The Bertz CT molecular complexity index is 1110. The molecular formula is C27H36FN5O3S. The summed E-state index contributed by atoms with van der Waals surface area (Å²) in [4.78, 5) is 41.5. The average Bonchev–Trinajstić information content (AvgIpc) is 3.54. The third-order valence-corrected chi connectivity index (χ3v) is 8.14. The van der Waals surface area contributed by atoms with Gasteiger partial charge in [-0.1, -0.05) is 57.6 Å². The van der Waals surface area contributed by atoms with Gasteiger partial charge in [0.05, 0.1) is 11.4 Å². The van der Waals surface area contributed by atoms with Crippen molar-refractivity contribution in [3.8, 4) is 0 Å². The number of aromatic nitrogens is 1. The summed E-state index contributed by atoms with van der Waals surface area (Å²) >= 11 is 0.802. The van der Waals surface area contributed by atoms with Crippen LogP contribution in [0.2, 0.25) is 0 Å². The molecule has 2 saturated carbocycles. The first-order chi connectivity index (χ1) is 17.9. The number of halogens is 1. The standard InChI is InChI=1S/C27H36FN5O3S/c1-2-10-21(25(34)30-17-13-6-7-14-17)33(20-16-9-8-15-19(20)28)27(36)24-22(29)23(32-37-24)26(35)31-18-11-4-3-5-12-18/h8-9,15-18,21H,2-7,10-14,29H2,1H3,(H,30,34)(H,31,35)/t21-/m0/s1. The maximum atomic E-state index is 15.0. The number of nitrogens with one attached hydrogen (secondary N) is 2. The van der Waals surface area contributed by atoms with E-state index >= 15 is 4.39 Å². The van der Waals surface area contributed by atoms with Gasteiger partial charge in [0.15, 0.2) is 5.69 Å². The molecule has 1 aromatic heterocycles. The zero-order chi connectivity index (χ0) is 26.4. The van der Waals surface area contributed by atoms with Crippen LogP contribution >= 0.6 is 11.5 Å². The Hall–Kier alpha value is -3.01. The van der Waals surface area contributed by atoms with Gasteiger partial charge in [0, 0.05) is 12.1 Å². The third kappa shape index (κ3) is 6.29. The molecule has 200 valence electrons. The van der Waals surface area contributed by atoms with Crippen molar-refractivity contribution in [1.29, 1.82) is 0 Å². The number of carbonyl (C=O) groups excluding carboxylic acids is 3. The lowest BCUT2D eigenvalue weighted by Crippen LogP contribution is -2.52. The molecule has 0 saturated heterocycles. The van der Waals surface area contributed by atoms with Crippen molar-refractivity contribution >= 4 is 40.6 Å². The lowest BCUT2D eigenvalue weighted by molar-refractivity contribution is -0.123. The first-order valence-electron chi connectivity index (χ1n) is 13.3. The summed E-state index contributed by atoms with van der Waals surface area (Å²) in [6.45, 7) is 1.91. The summed E-state index contributed by atoms with van der Waals surface area (Å²) in [7, 11) is 0. The zero-order valence-electron chi connectivity index (χ0n) is 21.3. The average molecular weight is 530 g/mol. The molecule has 0 radical (unpaired) electrons. The number of amides is 3. The van der Waals surface area contributed by atoms with E-state index in [4.69, 9.17) is 5.73 Å². The van der Waals surface area contributed by atoms with Crippen molar-refractivity contribution in [1.82, 2.24) is 15.0 Å². The second kappa shape index (κ2) is 12.5. The first kappa shape index (κ1) is 27.0. The summed E-state index contributed by atoms with van der Waals surface area (Å²) in [5.41, 5.74) is 6.24. The van der Waals surface area contributed by atoms with Gasteiger partial charge in [0.2, 0.25) is 5.91 Å². The molecule has 4 rings (SSSR count). The molecule has 2 aromatic rings. The number of hydrogen-bond acceptors (Lipinski definition) is 6. The van der Waals surface area contributed by atoms with Crippen LogP contribution in [0.25, 0.3) is 0 Å². The second-order valence-corrected chi connectivity index (χ2v) is 10.8. The molecule has 0 spiro atoms. The minimum absolute atomic E-state index is 0.00476. The Morgan fingerprint density at radius 1 is 1.05 bits per heavy atom. The monoisotopic (exact) mass is 529 g/mol. The largest absolute Gasteiger partial charge is 0.395 e. The molecule has 2 fully saturated rings. The number of carbonyl (C=O) groups is 3. The molecule has 4 N–H and O–H groups in total. The maximum Gasteiger partial charge on any atom is 0.273 e. The fourth-order valence-electron chi connectivity index (χ4n) is 5.31. The molecule has 0 bridgehead atoms. The number of benzene rings is 1. The van der Waals surface area contributed by atoms with Gasteiger partial charge >= 0.3 is 0 Å². The molecule has 1 heterocycles. The van der Waals surface area contributed by atoms with Gasteiger partial charge in [0.25, 0.3) is 11.8 Å². The predicted octanol–water partition coefficient (Wildman–Crippen LogP) is 4.80. The Morgan fingerprint density at radius 3 is 2.32 bits per heavy atom. The van der Waals surface area contributed by atoms with Crippen LogP contribution in [-0.4, -0.2) is 40.2 Å². The van der Waals surface area contributed by atoms with Crippen LogP contribution in [0.1, 0.15) is 97.7 Å². The molecule has 0 aliphatic heterocycles. The SMILES string of the molecule is CCC[C@@H](C(=O)NC1CCCC1)N(C(=O)c1snc(C(=O)NC2CCCCC2)c1N)c1ccccc1F. The molecule has 2 aliphatic rings. The molecule has 1 aromatic carbocycles. The Morgan fingerprint density at radius 2 is 1.68 bits per heavy atom. The van der Waals surface area contributed by atoms with E-state index in [1.807, 2.05) is 6.92 Å². The highest BCUT2D eigenvalue weighted by Gasteiger charge is 2.36. The van der Waals surface area contributed by atoms with Gasteiger partial charge in [-0.05, 0) is 55.8 Å². The van der Waals surface area contributed by atoms with Crippen LogP contribution in [0, 0.1) is 5.82 Å². The molecular weight excluding hydrogens is 493 g/mol. The van der Waals surface area contributed by atoms with Crippen LogP contribution in [0.15, 0.2) is 24.3 Å². The number of hydrogen-bond donors (Lipinski definition) is 3. The quantitative estimate of drug-likeness (QED) is 0.431. The van der Waals surface area contributed by atoms with Gasteiger partial charge in [-0.2, -0.15) is 4.37 Å². The molecule has 10 heteroatoms. The topological polar surface area (TPSA) is 117 Å². The number of anilines is 2. The highest BCUT2D eigenvalue weighted by atomic mass is 32.1. The van der Waals surface area contributed by atoms with Gasteiger partial charge in [-0.15, -0.1) is 0 Å². The number of rotatable bonds is 9.